The lowest BCUT2D eigenvalue weighted by Crippen LogP contribution is -2.22. The van der Waals surface area contributed by atoms with Gasteiger partial charge in [0.25, 0.3) is 0 Å². The second-order valence-corrected chi connectivity index (χ2v) is 7.55. The fourth-order valence-electron chi connectivity index (χ4n) is 2.13. The monoisotopic (exact) mass is 433 g/mol. The van der Waals surface area contributed by atoms with E-state index in [2.05, 4.69) is 36.8 Å². The normalized spacial score (nSPS) is 11.8. The van der Waals surface area contributed by atoms with Crippen molar-refractivity contribution in [3.05, 3.63) is 53.0 Å². The van der Waals surface area contributed by atoms with E-state index in [9.17, 15) is 4.79 Å². The summed E-state index contributed by atoms with van der Waals surface area (Å²) in [6, 6.07) is 14.8. The molecule has 1 amide bonds. The number of hydrogen-bond acceptors (Lipinski definition) is 6. The fraction of sp³-hybridized carbons (Fsp3) is 0.176. The minimum Gasteiger partial charge on any atom is -0.497 e. The first kappa shape index (κ1) is 18.4. The summed E-state index contributed by atoms with van der Waals surface area (Å²) in [6.45, 7) is 1.81. The zero-order valence-corrected chi connectivity index (χ0v) is 16.5. The number of tetrazole rings is 1. The number of halogens is 1. The maximum atomic E-state index is 12.4. The topological polar surface area (TPSA) is 81.9 Å². The molecule has 1 N–H and O–H groups in total. The third kappa shape index (κ3) is 4.41. The molecule has 1 heterocycles. The van der Waals surface area contributed by atoms with Crippen molar-refractivity contribution in [2.45, 2.75) is 17.3 Å². The number of carbonyl (C=O) groups is 1. The van der Waals surface area contributed by atoms with E-state index in [0.717, 1.165) is 15.9 Å². The van der Waals surface area contributed by atoms with Crippen LogP contribution in [0.25, 0.3) is 5.69 Å². The van der Waals surface area contributed by atoms with Gasteiger partial charge in [-0.25, -0.2) is 0 Å². The number of hydrogen-bond donors (Lipinski definition) is 1. The van der Waals surface area contributed by atoms with Gasteiger partial charge in [-0.3, -0.25) is 4.79 Å². The summed E-state index contributed by atoms with van der Waals surface area (Å²) in [7, 11) is 1.60. The molecular weight excluding hydrogens is 418 g/mol. The van der Waals surface area contributed by atoms with Crippen molar-refractivity contribution in [2.75, 3.05) is 12.4 Å². The number of methoxy groups -OCH3 is 1. The third-order valence-electron chi connectivity index (χ3n) is 3.52. The summed E-state index contributed by atoms with van der Waals surface area (Å²) in [4.78, 5) is 12.4. The van der Waals surface area contributed by atoms with Crippen molar-refractivity contribution < 1.29 is 9.53 Å². The van der Waals surface area contributed by atoms with Crippen LogP contribution in [-0.2, 0) is 4.79 Å². The van der Waals surface area contributed by atoms with E-state index in [1.807, 2.05) is 31.2 Å². The van der Waals surface area contributed by atoms with Crippen LogP contribution in [0.15, 0.2) is 58.2 Å². The molecule has 0 saturated heterocycles. The number of rotatable bonds is 6. The second-order valence-electron chi connectivity index (χ2n) is 5.33. The average molecular weight is 434 g/mol. The standard InChI is InChI=1S/C17H16BrN5O2S/c1-11(16(24)19-13-5-9-15(25-2)10-6-13)26-17-20-21-22-23(17)14-7-3-12(18)4-8-14/h3-11H,1-2H3,(H,19,24). The highest BCUT2D eigenvalue weighted by molar-refractivity contribution is 9.10. The van der Waals surface area contributed by atoms with Crippen molar-refractivity contribution in [1.82, 2.24) is 20.2 Å². The average Bonchev–Trinajstić information content (AvgIpc) is 3.11. The van der Waals surface area contributed by atoms with E-state index in [1.54, 1.807) is 36.1 Å². The van der Waals surface area contributed by atoms with Gasteiger partial charge in [0.05, 0.1) is 18.0 Å². The molecule has 0 spiro atoms. The second kappa shape index (κ2) is 8.33. The molecule has 0 bridgehead atoms. The molecule has 3 aromatic rings. The van der Waals surface area contributed by atoms with Crippen molar-refractivity contribution in [3.8, 4) is 11.4 Å². The molecule has 0 aliphatic rings. The molecule has 9 heteroatoms. The molecular formula is C17H16BrN5O2S. The van der Waals surface area contributed by atoms with E-state index in [1.165, 1.54) is 11.8 Å². The van der Waals surface area contributed by atoms with Crippen LogP contribution >= 0.6 is 27.7 Å². The molecule has 134 valence electrons. The predicted molar refractivity (Wildman–Crippen MR) is 104 cm³/mol. The Labute approximate surface area is 163 Å². The maximum absolute atomic E-state index is 12.4. The van der Waals surface area contributed by atoms with Crippen LogP contribution in [0.1, 0.15) is 6.92 Å². The molecule has 3 rings (SSSR count). The van der Waals surface area contributed by atoms with Crippen LogP contribution in [0.3, 0.4) is 0 Å². The highest BCUT2D eigenvalue weighted by Crippen LogP contribution is 2.25. The number of aromatic nitrogens is 4. The van der Waals surface area contributed by atoms with E-state index in [4.69, 9.17) is 4.74 Å². The summed E-state index contributed by atoms with van der Waals surface area (Å²) in [5, 5.41) is 14.8. The molecule has 0 saturated carbocycles. The van der Waals surface area contributed by atoms with Gasteiger partial charge in [-0.1, -0.05) is 27.7 Å². The largest absolute Gasteiger partial charge is 0.497 e. The van der Waals surface area contributed by atoms with Gasteiger partial charge < -0.3 is 10.1 Å². The Kier molecular flexibility index (Phi) is 5.89. The van der Waals surface area contributed by atoms with Crippen LogP contribution in [0, 0.1) is 0 Å². The third-order valence-corrected chi connectivity index (χ3v) is 5.08. The molecule has 0 radical (unpaired) electrons. The number of ether oxygens (including phenoxy) is 1. The lowest BCUT2D eigenvalue weighted by molar-refractivity contribution is -0.115. The van der Waals surface area contributed by atoms with Crippen molar-refractivity contribution in [2.24, 2.45) is 0 Å². The summed E-state index contributed by atoms with van der Waals surface area (Å²) < 4.78 is 7.68. The lowest BCUT2D eigenvalue weighted by atomic mass is 10.3. The number of anilines is 1. The SMILES string of the molecule is COc1ccc(NC(=O)C(C)Sc2nnnn2-c2ccc(Br)cc2)cc1. The molecule has 0 aliphatic heterocycles. The molecule has 0 fully saturated rings. The first-order chi connectivity index (χ1) is 12.6. The quantitative estimate of drug-likeness (QED) is 0.598. The van der Waals surface area contributed by atoms with Gasteiger partial charge in [0.1, 0.15) is 5.75 Å². The number of nitrogens with zero attached hydrogens (tertiary/aromatic N) is 4. The maximum Gasteiger partial charge on any atom is 0.237 e. The first-order valence-electron chi connectivity index (χ1n) is 7.72. The minimum atomic E-state index is -0.377. The number of benzene rings is 2. The van der Waals surface area contributed by atoms with Crippen LogP contribution in [-0.4, -0.2) is 38.5 Å². The van der Waals surface area contributed by atoms with E-state index < -0.39 is 0 Å². The predicted octanol–water partition coefficient (Wildman–Crippen LogP) is 3.55. The summed E-state index contributed by atoms with van der Waals surface area (Å²) in [5.74, 6) is 0.601. The van der Waals surface area contributed by atoms with E-state index in [-0.39, 0.29) is 11.2 Å². The van der Waals surface area contributed by atoms with Gasteiger partial charge in [-0.2, -0.15) is 4.68 Å². The van der Waals surface area contributed by atoms with Crippen LogP contribution < -0.4 is 10.1 Å². The van der Waals surface area contributed by atoms with E-state index in [0.29, 0.717) is 10.8 Å². The molecule has 0 aliphatic carbocycles. The number of thioether (sulfide) groups is 1. The molecule has 1 atom stereocenters. The zero-order valence-electron chi connectivity index (χ0n) is 14.1. The summed E-state index contributed by atoms with van der Waals surface area (Å²) in [5.41, 5.74) is 1.53. The Morgan fingerprint density at radius 1 is 1.19 bits per heavy atom. The molecule has 7 nitrogen and oxygen atoms in total. The Balaban J connectivity index is 1.67. The molecule has 26 heavy (non-hydrogen) atoms. The molecule has 1 aromatic heterocycles. The Hall–Kier alpha value is -2.39. The van der Waals surface area contributed by atoms with Gasteiger partial charge in [0.2, 0.25) is 11.1 Å². The smallest absolute Gasteiger partial charge is 0.237 e. The van der Waals surface area contributed by atoms with Gasteiger partial charge in [-0.15, -0.1) is 5.10 Å². The Morgan fingerprint density at radius 3 is 2.54 bits per heavy atom. The van der Waals surface area contributed by atoms with Gasteiger partial charge >= 0.3 is 0 Å². The highest BCUT2D eigenvalue weighted by atomic mass is 79.9. The Morgan fingerprint density at radius 2 is 1.88 bits per heavy atom. The lowest BCUT2D eigenvalue weighted by Gasteiger charge is -2.12. The van der Waals surface area contributed by atoms with Crippen LogP contribution in [0.5, 0.6) is 5.75 Å². The number of nitrogens with one attached hydrogen (secondary N) is 1. The Bertz CT molecular complexity index is 883. The molecule has 1 unspecified atom stereocenters. The summed E-state index contributed by atoms with van der Waals surface area (Å²) in [6.07, 6.45) is 0. The zero-order chi connectivity index (χ0) is 18.5. The van der Waals surface area contributed by atoms with Gasteiger partial charge in [-0.05, 0) is 65.9 Å². The summed E-state index contributed by atoms with van der Waals surface area (Å²) >= 11 is 4.69. The molecule has 2 aromatic carbocycles. The van der Waals surface area contributed by atoms with Crippen LogP contribution in [0.2, 0.25) is 0 Å². The number of amides is 1. The van der Waals surface area contributed by atoms with Crippen molar-refractivity contribution in [1.29, 1.82) is 0 Å². The first-order valence-corrected chi connectivity index (χ1v) is 9.40. The van der Waals surface area contributed by atoms with Crippen molar-refractivity contribution >= 4 is 39.3 Å². The van der Waals surface area contributed by atoms with Gasteiger partial charge in [0.15, 0.2) is 0 Å². The van der Waals surface area contributed by atoms with E-state index >= 15 is 0 Å². The highest BCUT2D eigenvalue weighted by Gasteiger charge is 2.19. The van der Waals surface area contributed by atoms with Crippen molar-refractivity contribution in [3.63, 3.8) is 0 Å². The van der Waals surface area contributed by atoms with Crippen LogP contribution in [0.4, 0.5) is 5.69 Å². The minimum absolute atomic E-state index is 0.134. The number of carbonyl (C=O) groups excluding carboxylic acids is 1. The van der Waals surface area contributed by atoms with Gasteiger partial charge in [0, 0.05) is 10.2 Å². The fourth-order valence-corrected chi connectivity index (χ4v) is 3.20.